The van der Waals surface area contributed by atoms with Crippen molar-refractivity contribution in [3.05, 3.63) is 23.6 Å². The SMILES string of the molecule is CC(C)(C)NCc1cc(F)cnc1OCCCC(F)(F)F. The van der Waals surface area contributed by atoms with Crippen molar-refractivity contribution in [2.75, 3.05) is 6.61 Å². The van der Waals surface area contributed by atoms with Gasteiger partial charge in [-0.2, -0.15) is 13.2 Å². The molecule has 0 radical (unpaired) electrons. The summed E-state index contributed by atoms with van der Waals surface area (Å²) in [6.45, 7) is 6.06. The molecule has 0 bridgehead atoms. The van der Waals surface area contributed by atoms with Crippen molar-refractivity contribution in [2.24, 2.45) is 0 Å². The molecule has 0 unspecified atom stereocenters. The van der Waals surface area contributed by atoms with Crippen LogP contribution >= 0.6 is 0 Å². The van der Waals surface area contributed by atoms with Gasteiger partial charge in [-0.15, -0.1) is 0 Å². The van der Waals surface area contributed by atoms with E-state index in [2.05, 4.69) is 10.3 Å². The Morgan fingerprint density at radius 3 is 2.48 bits per heavy atom. The number of rotatable bonds is 6. The molecule has 120 valence electrons. The Bertz CT molecular complexity index is 455. The first-order valence-electron chi connectivity index (χ1n) is 6.66. The molecule has 1 N–H and O–H groups in total. The number of nitrogens with one attached hydrogen (secondary N) is 1. The maximum Gasteiger partial charge on any atom is 0.389 e. The summed E-state index contributed by atoms with van der Waals surface area (Å²) in [6.07, 6.45) is -4.28. The van der Waals surface area contributed by atoms with Gasteiger partial charge in [-0.3, -0.25) is 0 Å². The van der Waals surface area contributed by atoms with Crippen molar-refractivity contribution in [3.8, 4) is 5.88 Å². The third-order valence-corrected chi connectivity index (χ3v) is 2.54. The van der Waals surface area contributed by atoms with E-state index in [1.807, 2.05) is 20.8 Å². The first-order chi connectivity index (χ1) is 9.57. The van der Waals surface area contributed by atoms with E-state index in [0.29, 0.717) is 12.1 Å². The van der Waals surface area contributed by atoms with E-state index in [4.69, 9.17) is 4.74 Å². The number of alkyl halides is 3. The lowest BCUT2D eigenvalue weighted by molar-refractivity contribution is -0.136. The minimum atomic E-state index is -4.20. The minimum absolute atomic E-state index is 0.110. The summed E-state index contributed by atoms with van der Waals surface area (Å²) < 4.78 is 54.6. The van der Waals surface area contributed by atoms with Crippen LogP contribution in [0.25, 0.3) is 0 Å². The predicted molar refractivity (Wildman–Crippen MR) is 71.6 cm³/mol. The lowest BCUT2D eigenvalue weighted by Gasteiger charge is -2.21. The van der Waals surface area contributed by atoms with Gasteiger partial charge in [-0.05, 0) is 33.3 Å². The standard InChI is InChI=1S/C14H20F4N2O/c1-13(2,3)20-8-10-7-11(15)9-19-12(10)21-6-4-5-14(16,17)18/h7,9,20H,4-6,8H2,1-3H3. The second kappa shape index (κ2) is 7.06. The summed E-state index contributed by atoms with van der Waals surface area (Å²) >= 11 is 0. The van der Waals surface area contributed by atoms with E-state index in [9.17, 15) is 17.6 Å². The minimum Gasteiger partial charge on any atom is -0.477 e. The molecule has 0 aromatic carbocycles. The van der Waals surface area contributed by atoms with Crippen LogP contribution in [0.4, 0.5) is 17.6 Å². The molecule has 0 aliphatic rings. The highest BCUT2D eigenvalue weighted by molar-refractivity contribution is 5.26. The molecule has 0 atom stereocenters. The number of halogens is 4. The number of pyridine rings is 1. The largest absolute Gasteiger partial charge is 0.477 e. The van der Waals surface area contributed by atoms with Crippen LogP contribution in [-0.4, -0.2) is 23.3 Å². The van der Waals surface area contributed by atoms with Crippen molar-refractivity contribution in [2.45, 2.75) is 51.9 Å². The van der Waals surface area contributed by atoms with Crippen LogP contribution < -0.4 is 10.1 Å². The van der Waals surface area contributed by atoms with Gasteiger partial charge in [0.2, 0.25) is 5.88 Å². The van der Waals surface area contributed by atoms with E-state index >= 15 is 0 Å². The first kappa shape index (κ1) is 17.7. The monoisotopic (exact) mass is 308 g/mol. The van der Waals surface area contributed by atoms with E-state index < -0.39 is 18.4 Å². The average Bonchev–Trinajstić information content (AvgIpc) is 2.31. The van der Waals surface area contributed by atoms with Gasteiger partial charge in [0.25, 0.3) is 0 Å². The van der Waals surface area contributed by atoms with Gasteiger partial charge >= 0.3 is 6.18 Å². The Kier molecular flexibility index (Phi) is 5.95. The van der Waals surface area contributed by atoms with Crippen LogP contribution in [0.1, 0.15) is 39.2 Å². The lowest BCUT2D eigenvalue weighted by atomic mass is 10.1. The molecule has 1 heterocycles. The van der Waals surface area contributed by atoms with Gasteiger partial charge < -0.3 is 10.1 Å². The van der Waals surface area contributed by atoms with Gasteiger partial charge in [0.1, 0.15) is 5.82 Å². The second-order valence-electron chi connectivity index (χ2n) is 5.79. The molecule has 0 saturated carbocycles. The van der Waals surface area contributed by atoms with Crippen molar-refractivity contribution in [3.63, 3.8) is 0 Å². The fraction of sp³-hybridized carbons (Fsp3) is 0.643. The smallest absolute Gasteiger partial charge is 0.389 e. The molecular formula is C14H20F4N2O. The zero-order valence-electron chi connectivity index (χ0n) is 12.4. The summed E-state index contributed by atoms with van der Waals surface area (Å²) in [5, 5.41) is 3.15. The topological polar surface area (TPSA) is 34.2 Å². The second-order valence-corrected chi connectivity index (χ2v) is 5.79. The maximum atomic E-state index is 13.2. The number of nitrogens with zero attached hydrogens (tertiary/aromatic N) is 1. The molecular weight excluding hydrogens is 288 g/mol. The van der Waals surface area contributed by atoms with Crippen LogP contribution in [0.3, 0.4) is 0 Å². The average molecular weight is 308 g/mol. The van der Waals surface area contributed by atoms with Gasteiger partial charge in [-0.25, -0.2) is 9.37 Å². The fourth-order valence-electron chi connectivity index (χ4n) is 1.53. The molecule has 1 aromatic heterocycles. The van der Waals surface area contributed by atoms with Crippen LogP contribution in [0.2, 0.25) is 0 Å². The molecule has 0 fully saturated rings. The molecule has 1 aromatic rings. The van der Waals surface area contributed by atoms with Gasteiger partial charge in [0, 0.05) is 24.1 Å². The number of hydrogen-bond acceptors (Lipinski definition) is 3. The predicted octanol–water partition coefficient (Wildman–Crippen LogP) is 3.83. The summed E-state index contributed by atoms with van der Waals surface area (Å²) in [7, 11) is 0. The Hall–Kier alpha value is -1.37. The quantitative estimate of drug-likeness (QED) is 0.640. The Balaban J connectivity index is 2.60. The molecule has 7 heteroatoms. The molecule has 21 heavy (non-hydrogen) atoms. The van der Waals surface area contributed by atoms with Crippen LogP contribution in [0.15, 0.2) is 12.3 Å². The Morgan fingerprint density at radius 2 is 1.90 bits per heavy atom. The van der Waals surface area contributed by atoms with Crippen molar-refractivity contribution in [1.82, 2.24) is 10.3 Å². The van der Waals surface area contributed by atoms with Crippen LogP contribution in [0, 0.1) is 5.82 Å². The van der Waals surface area contributed by atoms with Gasteiger partial charge in [0.15, 0.2) is 0 Å². The van der Waals surface area contributed by atoms with Gasteiger partial charge in [-0.1, -0.05) is 0 Å². The third kappa shape index (κ3) is 7.84. The zero-order chi connectivity index (χ0) is 16.1. The zero-order valence-corrected chi connectivity index (χ0v) is 12.4. The molecule has 0 spiro atoms. The summed E-state index contributed by atoms with van der Waals surface area (Å²) in [4.78, 5) is 3.79. The lowest BCUT2D eigenvalue weighted by Crippen LogP contribution is -2.35. The third-order valence-electron chi connectivity index (χ3n) is 2.54. The van der Waals surface area contributed by atoms with E-state index in [0.717, 1.165) is 6.20 Å². The highest BCUT2D eigenvalue weighted by Gasteiger charge is 2.26. The van der Waals surface area contributed by atoms with Crippen molar-refractivity contribution < 1.29 is 22.3 Å². The molecule has 0 aliphatic heterocycles. The molecule has 0 amide bonds. The molecule has 0 aliphatic carbocycles. The first-order valence-corrected chi connectivity index (χ1v) is 6.66. The number of aromatic nitrogens is 1. The number of hydrogen-bond donors (Lipinski definition) is 1. The van der Waals surface area contributed by atoms with E-state index in [-0.39, 0.29) is 24.4 Å². The van der Waals surface area contributed by atoms with E-state index in [1.165, 1.54) is 6.07 Å². The fourth-order valence-corrected chi connectivity index (χ4v) is 1.53. The Labute approximate surface area is 121 Å². The highest BCUT2D eigenvalue weighted by Crippen LogP contribution is 2.22. The van der Waals surface area contributed by atoms with Crippen molar-refractivity contribution >= 4 is 0 Å². The summed E-state index contributed by atoms with van der Waals surface area (Å²) in [6, 6.07) is 1.27. The maximum absolute atomic E-state index is 13.2. The van der Waals surface area contributed by atoms with Crippen LogP contribution in [0.5, 0.6) is 5.88 Å². The van der Waals surface area contributed by atoms with Crippen LogP contribution in [-0.2, 0) is 6.54 Å². The Morgan fingerprint density at radius 1 is 1.24 bits per heavy atom. The summed E-state index contributed by atoms with van der Waals surface area (Å²) in [5.74, 6) is -0.348. The molecule has 3 nitrogen and oxygen atoms in total. The van der Waals surface area contributed by atoms with Crippen molar-refractivity contribution in [1.29, 1.82) is 0 Å². The normalized spacial score (nSPS) is 12.5. The number of ether oxygens (including phenoxy) is 1. The molecule has 1 rings (SSSR count). The van der Waals surface area contributed by atoms with E-state index in [1.54, 1.807) is 0 Å². The molecule has 0 saturated heterocycles. The summed E-state index contributed by atoms with van der Waals surface area (Å²) in [5.41, 5.74) is 0.303. The highest BCUT2D eigenvalue weighted by atomic mass is 19.4. The van der Waals surface area contributed by atoms with Gasteiger partial charge in [0.05, 0.1) is 12.8 Å².